The third-order valence-electron chi connectivity index (χ3n) is 4.68. The Labute approximate surface area is 142 Å². The molecule has 5 nitrogen and oxygen atoms in total. The van der Waals surface area contributed by atoms with Crippen LogP contribution in [0.2, 0.25) is 0 Å². The van der Waals surface area contributed by atoms with E-state index in [1.807, 2.05) is 31.2 Å². The Bertz CT molecular complexity index is 674. The summed E-state index contributed by atoms with van der Waals surface area (Å²) < 4.78 is 11.0. The van der Waals surface area contributed by atoms with Crippen molar-refractivity contribution in [1.29, 1.82) is 0 Å². The molecule has 1 fully saturated rings. The second kappa shape index (κ2) is 7.18. The van der Waals surface area contributed by atoms with Crippen LogP contribution in [0, 0.1) is 6.92 Å². The van der Waals surface area contributed by atoms with Crippen LogP contribution in [0.5, 0.6) is 0 Å². The summed E-state index contributed by atoms with van der Waals surface area (Å²) in [7, 11) is 0. The van der Waals surface area contributed by atoms with E-state index in [1.54, 1.807) is 6.92 Å². The standard InChI is InChI=1S/C19H23NO4/c1-12-6-3-4-8-15(12)16-10-17(21)20-13(2)18(16)19(22)24-11-14-7-5-9-23-14/h3-4,6,8,14,16H,5,7,9-11H2,1-2H3,(H,20,21)/t14-,16+/m1/s1. The zero-order chi connectivity index (χ0) is 17.1. The quantitative estimate of drug-likeness (QED) is 0.863. The molecule has 1 aromatic rings. The minimum Gasteiger partial charge on any atom is -0.460 e. The number of hydrogen-bond acceptors (Lipinski definition) is 4. The van der Waals surface area contributed by atoms with Crippen LogP contribution in [-0.2, 0) is 19.1 Å². The minimum absolute atomic E-state index is 0.00931. The number of esters is 1. The first kappa shape index (κ1) is 16.7. The molecular formula is C19H23NO4. The van der Waals surface area contributed by atoms with Crippen molar-refractivity contribution in [1.82, 2.24) is 5.32 Å². The predicted molar refractivity (Wildman–Crippen MR) is 89.3 cm³/mol. The molecule has 128 valence electrons. The van der Waals surface area contributed by atoms with Gasteiger partial charge in [0, 0.05) is 24.6 Å². The average Bonchev–Trinajstić information content (AvgIpc) is 3.06. The Balaban J connectivity index is 1.83. The summed E-state index contributed by atoms with van der Waals surface area (Å²) in [4.78, 5) is 24.7. The van der Waals surface area contributed by atoms with Gasteiger partial charge in [-0.25, -0.2) is 4.79 Å². The normalized spacial score (nSPS) is 24.0. The summed E-state index contributed by atoms with van der Waals surface area (Å²) in [6.45, 7) is 4.74. The smallest absolute Gasteiger partial charge is 0.336 e. The average molecular weight is 329 g/mol. The summed E-state index contributed by atoms with van der Waals surface area (Å²) in [5, 5.41) is 2.77. The first-order chi connectivity index (χ1) is 11.6. The number of amides is 1. The number of rotatable bonds is 4. The van der Waals surface area contributed by atoms with Crippen molar-refractivity contribution >= 4 is 11.9 Å². The van der Waals surface area contributed by atoms with Gasteiger partial charge >= 0.3 is 5.97 Å². The fraction of sp³-hybridized carbons (Fsp3) is 0.474. The molecule has 2 aliphatic rings. The number of allylic oxidation sites excluding steroid dienone is 1. The van der Waals surface area contributed by atoms with E-state index in [2.05, 4.69) is 5.32 Å². The molecule has 0 bridgehead atoms. The maximum absolute atomic E-state index is 12.7. The molecule has 0 saturated carbocycles. The summed E-state index contributed by atoms with van der Waals surface area (Å²) >= 11 is 0. The fourth-order valence-electron chi connectivity index (χ4n) is 3.44. The van der Waals surface area contributed by atoms with Crippen LogP contribution in [0.4, 0.5) is 0 Å². The molecule has 1 N–H and O–H groups in total. The molecule has 0 radical (unpaired) electrons. The van der Waals surface area contributed by atoms with Crippen molar-refractivity contribution < 1.29 is 19.1 Å². The van der Waals surface area contributed by atoms with Gasteiger partial charge in [-0.1, -0.05) is 24.3 Å². The lowest BCUT2D eigenvalue weighted by molar-refractivity contribution is -0.142. The third kappa shape index (κ3) is 3.51. The van der Waals surface area contributed by atoms with E-state index in [1.165, 1.54) is 0 Å². The lowest BCUT2D eigenvalue weighted by atomic mass is 9.82. The van der Waals surface area contributed by atoms with Crippen molar-refractivity contribution in [3.63, 3.8) is 0 Å². The van der Waals surface area contributed by atoms with Crippen LogP contribution in [-0.4, -0.2) is 31.2 Å². The molecule has 3 rings (SSSR count). The largest absolute Gasteiger partial charge is 0.460 e. The van der Waals surface area contributed by atoms with E-state index in [-0.39, 0.29) is 36.9 Å². The second-order valence-corrected chi connectivity index (χ2v) is 6.43. The molecule has 0 unspecified atom stereocenters. The van der Waals surface area contributed by atoms with Crippen molar-refractivity contribution in [2.75, 3.05) is 13.2 Å². The lowest BCUT2D eigenvalue weighted by Crippen LogP contribution is -2.35. The van der Waals surface area contributed by atoms with Crippen molar-refractivity contribution in [2.24, 2.45) is 0 Å². The Morgan fingerprint density at radius 3 is 2.83 bits per heavy atom. The summed E-state index contributed by atoms with van der Waals surface area (Å²) in [5.74, 6) is -0.704. The number of nitrogens with one attached hydrogen (secondary N) is 1. The Kier molecular flexibility index (Phi) is 5.00. The molecule has 2 heterocycles. The number of ether oxygens (including phenoxy) is 2. The van der Waals surface area contributed by atoms with Crippen LogP contribution in [0.3, 0.4) is 0 Å². The Morgan fingerprint density at radius 1 is 1.33 bits per heavy atom. The highest BCUT2D eigenvalue weighted by atomic mass is 16.6. The summed E-state index contributed by atoms with van der Waals surface area (Å²) in [6, 6.07) is 7.85. The van der Waals surface area contributed by atoms with Gasteiger partial charge in [-0.15, -0.1) is 0 Å². The Morgan fingerprint density at radius 2 is 2.12 bits per heavy atom. The predicted octanol–water partition coefficient (Wildman–Crippen LogP) is 2.59. The van der Waals surface area contributed by atoms with E-state index >= 15 is 0 Å². The van der Waals surface area contributed by atoms with Gasteiger partial charge in [0.1, 0.15) is 6.61 Å². The van der Waals surface area contributed by atoms with Crippen LogP contribution >= 0.6 is 0 Å². The molecule has 1 aromatic carbocycles. The maximum Gasteiger partial charge on any atom is 0.336 e. The van der Waals surface area contributed by atoms with E-state index in [9.17, 15) is 9.59 Å². The van der Waals surface area contributed by atoms with E-state index < -0.39 is 0 Å². The van der Waals surface area contributed by atoms with E-state index in [4.69, 9.17) is 9.47 Å². The van der Waals surface area contributed by atoms with Gasteiger partial charge in [0.05, 0.1) is 11.7 Å². The molecule has 0 aromatic heterocycles. The molecule has 2 atom stereocenters. The Hall–Kier alpha value is -2.14. The van der Waals surface area contributed by atoms with Crippen LogP contribution < -0.4 is 5.32 Å². The lowest BCUT2D eigenvalue weighted by Gasteiger charge is -2.27. The van der Waals surface area contributed by atoms with Gasteiger partial charge in [-0.3, -0.25) is 4.79 Å². The fourth-order valence-corrected chi connectivity index (χ4v) is 3.44. The molecule has 1 saturated heterocycles. The van der Waals surface area contributed by atoms with Crippen molar-refractivity contribution in [2.45, 2.75) is 45.1 Å². The highest BCUT2D eigenvalue weighted by Crippen LogP contribution is 2.35. The topological polar surface area (TPSA) is 64.6 Å². The first-order valence-corrected chi connectivity index (χ1v) is 8.41. The molecular weight excluding hydrogens is 306 g/mol. The number of aryl methyl sites for hydroxylation is 1. The SMILES string of the molecule is CC1=C(C(=O)OC[C@H]2CCCO2)[C@H](c2ccccc2C)CC(=O)N1. The number of carbonyl (C=O) groups excluding carboxylic acids is 2. The van der Waals surface area contributed by atoms with Gasteiger partial charge in [-0.05, 0) is 37.8 Å². The van der Waals surface area contributed by atoms with Crippen LogP contribution in [0.25, 0.3) is 0 Å². The third-order valence-corrected chi connectivity index (χ3v) is 4.68. The van der Waals surface area contributed by atoms with Crippen LogP contribution in [0.15, 0.2) is 35.5 Å². The number of carbonyl (C=O) groups is 2. The molecule has 1 amide bonds. The molecule has 0 spiro atoms. The first-order valence-electron chi connectivity index (χ1n) is 8.41. The van der Waals surface area contributed by atoms with E-state index in [0.29, 0.717) is 11.3 Å². The molecule has 2 aliphatic heterocycles. The van der Waals surface area contributed by atoms with Gasteiger partial charge in [0.2, 0.25) is 5.91 Å². The van der Waals surface area contributed by atoms with Gasteiger partial charge in [0.15, 0.2) is 0 Å². The zero-order valence-electron chi connectivity index (χ0n) is 14.1. The molecule has 5 heteroatoms. The molecule has 0 aliphatic carbocycles. The highest BCUT2D eigenvalue weighted by Gasteiger charge is 2.33. The van der Waals surface area contributed by atoms with Gasteiger partial charge in [-0.2, -0.15) is 0 Å². The maximum atomic E-state index is 12.7. The van der Waals surface area contributed by atoms with Crippen molar-refractivity contribution in [3.05, 3.63) is 46.7 Å². The van der Waals surface area contributed by atoms with E-state index in [0.717, 1.165) is 30.6 Å². The second-order valence-electron chi connectivity index (χ2n) is 6.43. The summed E-state index contributed by atoms with van der Waals surface area (Å²) in [6.07, 6.45) is 2.17. The molecule has 24 heavy (non-hydrogen) atoms. The monoisotopic (exact) mass is 329 g/mol. The van der Waals surface area contributed by atoms with Gasteiger partial charge in [0.25, 0.3) is 0 Å². The van der Waals surface area contributed by atoms with Crippen LogP contribution in [0.1, 0.15) is 43.2 Å². The zero-order valence-corrected chi connectivity index (χ0v) is 14.1. The minimum atomic E-state index is -0.365. The van der Waals surface area contributed by atoms with Gasteiger partial charge < -0.3 is 14.8 Å². The highest BCUT2D eigenvalue weighted by molar-refractivity contribution is 5.95. The van der Waals surface area contributed by atoms with Crippen molar-refractivity contribution in [3.8, 4) is 0 Å². The number of hydrogen-bond donors (Lipinski definition) is 1. The number of benzene rings is 1. The summed E-state index contributed by atoms with van der Waals surface area (Å²) in [5.41, 5.74) is 3.18.